The minimum atomic E-state index is -0.491. The third kappa shape index (κ3) is 0.674. The molecule has 0 aromatic rings. The van der Waals surface area contributed by atoms with E-state index in [2.05, 4.69) is 24.3 Å². The summed E-state index contributed by atoms with van der Waals surface area (Å²) < 4.78 is 0. The second kappa shape index (κ2) is 2.76. The number of allylic oxidation sites excluding steroid dienone is 4. The van der Waals surface area contributed by atoms with Gasteiger partial charge in [-0.1, -0.05) is 24.3 Å². The molecule has 6 atom stereocenters. The molecule has 6 aliphatic rings. The summed E-state index contributed by atoms with van der Waals surface area (Å²) in [5, 5.41) is 0. The van der Waals surface area contributed by atoms with Gasteiger partial charge in [-0.3, -0.25) is 9.59 Å². The van der Waals surface area contributed by atoms with Crippen LogP contribution in [0.4, 0.5) is 0 Å². The normalized spacial score (nSPS) is 60.7. The maximum atomic E-state index is 12.8. The number of carbonyl (C=O) groups is 2. The van der Waals surface area contributed by atoms with Crippen LogP contribution in [0.2, 0.25) is 0 Å². The third-order valence-electron chi connectivity index (χ3n) is 7.11. The first-order chi connectivity index (χ1) is 9.13. The molecular weight excluding hydrogens is 260 g/mol. The standard InChI is InChI=1S/C16H15ClO2/c1-7(18)15-8-2-4-10-13(8)14-9(15)3-5-11(14)16(10,15)12(19)6-17/h2-5,8-11,13-14H,6H2,1H3. The zero-order valence-electron chi connectivity index (χ0n) is 10.7. The molecule has 0 N–H and O–H groups in total. The number of hydrogen-bond donors (Lipinski definition) is 0. The molecule has 0 spiro atoms. The Morgan fingerprint density at radius 3 is 1.74 bits per heavy atom. The minimum Gasteiger partial charge on any atom is -0.299 e. The van der Waals surface area contributed by atoms with Crippen LogP contribution in [0.1, 0.15) is 6.92 Å². The first kappa shape index (κ1) is 10.8. The van der Waals surface area contributed by atoms with E-state index in [9.17, 15) is 9.59 Å². The van der Waals surface area contributed by atoms with Gasteiger partial charge in [0.05, 0.1) is 16.7 Å². The lowest BCUT2D eigenvalue weighted by Crippen LogP contribution is -2.57. The molecule has 6 rings (SSSR count). The van der Waals surface area contributed by atoms with E-state index in [0.29, 0.717) is 23.7 Å². The van der Waals surface area contributed by atoms with Crippen LogP contribution in [-0.4, -0.2) is 17.4 Å². The Morgan fingerprint density at radius 2 is 1.37 bits per heavy atom. The van der Waals surface area contributed by atoms with Crippen LogP contribution in [0.3, 0.4) is 0 Å². The molecule has 0 radical (unpaired) electrons. The average Bonchev–Trinajstić information content (AvgIpc) is 3.15. The van der Waals surface area contributed by atoms with Gasteiger partial charge in [-0.05, 0) is 42.4 Å². The molecule has 0 aromatic carbocycles. The fourth-order valence-corrected chi connectivity index (χ4v) is 7.46. The van der Waals surface area contributed by atoms with Gasteiger partial charge in [0.15, 0.2) is 5.78 Å². The predicted molar refractivity (Wildman–Crippen MR) is 70.5 cm³/mol. The van der Waals surface area contributed by atoms with Crippen LogP contribution in [0, 0.1) is 46.3 Å². The van der Waals surface area contributed by atoms with Gasteiger partial charge >= 0.3 is 0 Å². The Morgan fingerprint density at radius 1 is 0.947 bits per heavy atom. The largest absolute Gasteiger partial charge is 0.299 e. The van der Waals surface area contributed by atoms with Gasteiger partial charge < -0.3 is 0 Å². The number of hydrogen-bond acceptors (Lipinski definition) is 2. The molecule has 0 saturated heterocycles. The second-order valence-corrected chi connectivity index (χ2v) is 7.15. The second-order valence-electron chi connectivity index (χ2n) is 6.88. The van der Waals surface area contributed by atoms with Crippen molar-refractivity contribution >= 4 is 23.2 Å². The van der Waals surface area contributed by atoms with Gasteiger partial charge in [-0.25, -0.2) is 0 Å². The lowest BCUT2D eigenvalue weighted by Gasteiger charge is -2.50. The number of halogens is 1. The van der Waals surface area contributed by atoms with Gasteiger partial charge in [0, 0.05) is 0 Å². The molecule has 4 fully saturated rings. The third-order valence-corrected chi connectivity index (χ3v) is 7.35. The van der Waals surface area contributed by atoms with Crippen LogP contribution in [-0.2, 0) is 9.59 Å². The predicted octanol–water partition coefficient (Wildman–Crippen LogP) is 2.23. The monoisotopic (exact) mass is 274 g/mol. The highest BCUT2D eigenvalue weighted by Crippen LogP contribution is 2.89. The van der Waals surface area contributed by atoms with E-state index in [4.69, 9.17) is 11.6 Å². The first-order valence-corrected chi connectivity index (χ1v) is 7.63. The SMILES string of the molecule is CC(=O)C12C3C=CC4C3C3C1C=CC3C42C(=O)CCl. The molecule has 6 unspecified atom stereocenters. The van der Waals surface area contributed by atoms with Crippen LogP contribution in [0.15, 0.2) is 24.3 Å². The van der Waals surface area contributed by atoms with Gasteiger partial charge in [0.2, 0.25) is 0 Å². The Kier molecular flexibility index (Phi) is 1.58. The number of carbonyl (C=O) groups excluding carboxylic acids is 2. The van der Waals surface area contributed by atoms with Crippen LogP contribution in [0.25, 0.3) is 0 Å². The number of alkyl halides is 1. The molecule has 4 saturated carbocycles. The quantitative estimate of drug-likeness (QED) is 0.584. The first-order valence-electron chi connectivity index (χ1n) is 7.10. The summed E-state index contributed by atoms with van der Waals surface area (Å²) in [7, 11) is 0. The summed E-state index contributed by atoms with van der Waals surface area (Å²) in [6.45, 7) is 1.69. The lowest BCUT2D eigenvalue weighted by molar-refractivity contribution is -0.150. The maximum Gasteiger partial charge on any atom is 0.155 e. The minimum absolute atomic E-state index is 0.0442. The molecule has 6 aliphatic carbocycles. The molecule has 8 bridgehead atoms. The van der Waals surface area contributed by atoms with Crippen molar-refractivity contribution in [2.75, 3.05) is 5.88 Å². The Labute approximate surface area is 116 Å². The van der Waals surface area contributed by atoms with E-state index in [1.54, 1.807) is 6.92 Å². The number of rotatable bonds is 3. The zero-order valence-corrected chi connectivity index (χ0v) is 11.4. The number of ketones is 2. The number of Topliss-reactive ketones (excluding diaryl/α,β-unsaturated/α-hetero) is 2. The molecule has 0 aromatic heterocycles. The molecular formula is C16H15ClO2. The molecule has 2 nitrogen and oxygen atoms in total. The lowest BCUT2D eigenvalue weighted by atomic mass is 9.50. The van der Waals surface area contributed by atoms with Crippen molar-refractivity contribution in [1.82, 2.24) is 0 Å². The Hall–Kier alpha value is -0.890. The van der Waals surface area contributed by atoms with Crippen molar-refractivity contribution in [2.24, 2.45) is 46.3 Å². The summed E-state index contributed by atoms with van der Waals surface area (Å²) in [6.07, 6.45) is 8.87. The highest BCUT2D eigenvalue weighted by atomic mass is 35.5. The van der Waals surface area contributed by atoms with Gasteiger partial charge in [-0.2, -0.15) is 0 Å². The van der Waals surface area contributed by atoms with Crippen molar-refractivity contribution < 1.29 is 9.59 Å². The van der Waals surface area contributed by atoms with E-state index >= 15 is 0 Å². The van der Waals surface area contributed by atoms with Crippen LogP contribution in [0.5, 0.6) is 0 Å². The van der Waals surface area contributed by atoms with E-state index in [0.717, 1.165) is 0 Å². The van der Waals surface area contributed by atoms with Crippen LogP contribution < -0.4 is 0 Å². The van der Waals surface area contributed by atoms with Gasteiger partial charge in [0.25, 0.3) is 0 Å². The molecule has 0 heterocycles. The molecule has 0 amide bonds. The molecule has 3 heteroatoms. The topological polar surface area (TPSA) is 34.1 Å². The molecule has 0 aliphatic heterocycles. The van der Waals surface area contributed by atoms with Crippen molar-refractivity contribution in [2.45, 2.75) is 6.92 Å². The van der Waals surface area contributed by atoms with E-state index in [1.165, 1.54) is 0 Å². The van der Waals surface area contributed by atoms with E-state index < -0.39 is 10.8 Å². The van der Waals surface area contributed by atoms with Gasteiger partial charge in [0.1, 0.15) is 5.78 Å². The van der Waals surface area contributed by atoms with Crippen molar-refractivity contribution in [3.8, 4) is 0 Å². The van der Waals surface area contributed by atoms with Crippen molar-refractivity contribution in [3.05, 3.63) is 24.3 Å². The van der Waals surface area contributed by atoms with Crippen molar-refractivity contribution in [3.63, 3.8) is 0 Å². The fourth-order valence-electron chi connectivity index (χ4n) is 7.24. The Bertz CT molecular complexity index is 570. The van der Waals surface area contributed by atoms with Crippen LogP contribution >= 0.6 is 11.6 Å². The zero-order chi connectivity index (χ0) is 13.2. The Balaban J connectivity index is 1.89. The highest BCUT2D eigenvalue weighted by molar-refractivity contribution is 6.29. The highest BCUT2D eigenvalue weighted by Gasteiger charge is 2.91. The summed E-state index contributed by atoms with van der Waals surface area (Å²) in [6, 6.07) is 0. The summed E-state index contributed by atoms with van der Waals surface area (Å²) in [4.78, 5) is 25.4. The van der Waals surface area contributed by atoms with E-state index in [1.807, 2.05) is 0 Å². The molecule has 19 heavy (non-hydrogen) atoms. The molecule has 98 valence electrons. The van der Waals surface area contributed by atoms with Gasteiger partial charge in [-0.15, -0.1) is 11.6 Å². The van der Waals surface area contributed by atoms with E-state index in [-0.39, 0.29) is 29.3 Å². The smallest absolute Gasteiger partial charge is 0.155 e. The average molecular weight is 275 g/mol. The summed E-state index contributed by atoms with van der Waals surface area (Å²) >= 11 is 5.93. The maximum absolute atomic E-state index is 12.8. The fraction of sp³-hybridized carbons (Fsp3) is 0.625. The summed E-state index contributed by atoms with van der Waals surface area (Å²) in [5.74, 6) is 2.52. The van der Waals surface area contributed by atoms with Crippen molar-refractivity contribution in [1.29, 1.82) is 0 Å². The summed E-state index contributed by atoms with van der Waals surface area (Å²) in [5.41, 5.74) is -0.943.